The van der Waals surface area contributed by atoms with E-state index in [9.17, 15) is 14.4 Å². The van der Waals surface area contributed by atoms with Gasteiger partial charge in [0.2, 0.25) is 5.91 Å². The van der Waals surface area contributed by atoms with E-state index >= 15 is 0 Å². The Morgan fingerprint density at radius 2 is 1.95 bits per heavy atom. The second-order valence-electron chi connectivity index (χ2n) is 12.4. The molecule has 3 fully saturated rings. The maximum Gasteiger partial charge on any atom is 0.274 e. The molecule has 1 aliphatic heterocycles. The molecule has 5 atom stereocenters. The topological polar surface area (TPSA) is 100 Å². The first-order valence-corrected chi connectivity index (χ1v) is 14.7. The lowest BCUT2D eigenvalue weighted by atomic mass is 9.77. The number of carbonyl (C=O) groups is 2. The number of pyridine rings is 1. The van der Waals surface area contributed by atoms with Crippen LogP contribution in [0.4, 0.5) is 0 Å². The fourth-order valence-corrected chi connectivity index (χ4v) is 7.72. The molecule has 2 aromatic heterocycles. The molecule has 6 rings (SSSR count). The molecule has 8 nitrogen and oxygen atoms in total. The van der Waals surface area contributed by atoms with Crippen molar-refractivity contribution < 1.29 is 9.59 Å². The van der Waals surface area contributed by atoms with Gasteiger partial charge in [0.25, 0.3) is 11.5 Å². The lowest BCUT2D eigenvalue weighted by molar-refractivity contribution is -0.119. The highest BCUT2D eigenvalue weighted by Gasteiger charge is 2.56. The Hall–Kier alpha value is -2.90. The van der Waals surface area contributed by atoms with Gasteiger partial charge in [-0.1, -0.05) is 32.3 Å². The number of H-pyrrole nitrogens is 1. The molecule has 2 saturated carbocycles. The number of hydrogen-bond donors (Lipinski definition) is 2. The molecule has 0 aromatic carbocycles. The summed E-state index contributed by atoms with van der Waals surface area (Å²) in [5.41, 5.74) is 4.19. The Morgan fingerprint density at radius 1 is 1.16 bits per heavy atom. The molecule has 3 heterocycles. The van der Waals surface area contributed by atoms with Gasteiger partial charge in [-0.05, 0) is 74.2 Å². The van der Waals surface area contributed by atoms with E-state index in [1.54, 1.807) is 13.1 Å². The molecule has 0 spiro atoms. The summed E-state index contributed by atoms with van der Waals surface area (Å²) < 4.78 is 2.18. The molecule has 204 valence electrons. The summed E-state index contributed by atoms with van der Waals surface area (Å²) in [5, 5.41) is 7.98. The summed E-state index contributed by atoms with van der Waals surface area (Å²) in [6.45, 7) is 6.07. The predicted octanol–water partition coefficient (Wildman–Crippen LogP) is 3.66. The lowest BCUT2D eigenvalue weighted by Gasteiger charge is -2.32. The molecule has 4 aliphatic rings. The zero-order chi connectivity index (χ0) is 26.4. The van der Waals surface area contributed by atoms with E-state index in [-0.39, 0.29) is 23.4 Å². The average molecular weight is 520 g/mol. The third-order valence-corrected chi connectivity index (χ3v) is 9.86. The third kappa shape index (κ3) is 4.94. The van der Waals surface area contributed by atoms with Gasteiger partial charge in [0, 0.05) is 55.6 Å². The van der Waals surface area contributed by atoms with Crippen molar-refractivity contribution in [1.29, 1.82) is 0 Å². The van der Waals surface area contributed by atoms with Crippen molar-refractivity contribution in [3.63, 3.8) is 0 Å². The number of rotatable bonds is 7. The van der Waals surface area contributed by atoms with E-state index in [4.69, 9.17) is 5.10 Å². The normalized spacial score (nSPS) is 28.6. The van der Waals surface area contributed by atoms with Crippen LogP contribution in [0.5, 0.6) is 0 Å². The van der Waals surface area contributed by atoms with Crippen molar-refractivity contribution in [2.75, 3.05) is 13.1 Å². The van der Waals surface area contributed by atoms with E-state index in [0.29, 0.717) is 48.4 Å². The first-order valence-electron chi connectivity index (χ1n) is 14.7. The third-order valence-electron chi connectivity index (χ3n) is 9.86. The highest BCUT2D eigenvalue weighted by molar-refractivity contribution is 5.95. The number of piperidine rings is 1. The molecule has 1 saturated heterocycles. The number of nitrogens with one attached hydrogen (secondary N) is 2. The molecule has 0 radical (unpaired) electrons. The Kier molecular flexibility index (Phi) is 6.91. The largest absolute Gasteiger partial charge is 0.353 e. The average Bonchev–Trinajstić information content (AvgIpc) is 3.22. The zero-order valence-corrected chi connectivity index (χ0v) is 22.7. The van der Waals surface area contributed by atoms with E-state index in [2.05, 4.69) is 21.9 Å². The monoisotopic (exact) mass is 519 g/mol. The maximum absolute atomic E-state index is 13.7. The van der Waals surface area contributed by atoms with Gasteiger partial charge < -0.3 is 15.2 Å². The summed E-state index contributed by atoms with van der Waals surface area (Å²) in [6.07, 6.45) is 11.1. The summed E-state index contributed by atoms with van der Waals surface area (Å²) in [6, 6.07) is 4.04. The zero-order valence-electron chi connectivity index (χ0n) is 22.7. The molecule has 38 heavy (non-hydrogen) atoms. The van der Waals surface area contributed by atoms with Crippen LogP contribution in [0.3, 0.4) is 0 Å². The molecular formula is C30H41N5O3. The van der Waals surface area contributed by atoms with Crippen LogP contribution in [-0.2, 0) is 24.2 Å². The summed E-state index contributed by atoms with van der Waals surface area (Å²) >= 11 is 0. The van der Waals surface area contributed by atoms with Crippen LogP contribution >= 0.6 is 0 Å². The lowest BCUT2D eigenvalue weighted by Crippen LogP contribution is -2.46. The van der Waals surface area contributed by atoms with E-state index in [1.165, 1.54) is 30.5 Å². The first kappa shape index (κ1) is 25.4. The van der Waals surface area contributed by atoms with Crippen LogP contribution in [0.25, 0.3) is 0 Å². The van der Waals surface area contributed by atoms with Gasteiger partial charge in [0.05, 0.1) is 0 Å². The maximum atomic E-state index is 13.7. The quantitative estimate of drug-likeness (QED) is 0.583. The van der Waals surface area contributed by atoms with Crippen molar-refractivity contribution in [3.05, 3.63) is 51.2 Å². The number of carbonyl (C=O) groups excluding carboxylic acids is 2. The molecule has 8 heteroatoms. The molecular weight excluding hydrogens is 478 g/mol. The number of likely N-dealkylation sites (tertiary alicyclic amines) is 1. The van der Waals surface area contributed by atoms with Crippen LogP contribution in [0, 0.1) is 23.7 Å². The first-order chi connectivity index (χ1) is 18.4. The number of aromatic amines is 1. The van der Waals surface area contributed by atoms with Crippen molar-refractivity contribution in [1.82, 2.24) is 25.0 Å². The van der Waals surface area contributed by atoms with Crippen LogP contribution in [0.2, 0.25) is 0 Å². The smallest absolute Gasteiger partial charge is 0.274 e. The van der Waals surface area contributed by atoms with E-state index in [0.717, 1.165) is 50.6 Å². The standard InChI is InChI=1S/C30H41N5O3/c1-18-24-17-25-27(26(18)24)28(30(38)34-12-9-23(10-13-34)32-19(2)36)33-35(25)14-8-20-5-3-6-21(15-20)16-22-7-4-11-31-29(22)37/h4,7,11,18,20-21,23-24,26H,3,5-6,8-10,12-17H2,1-2H3,(H,31,37)(H,32,36)/t18-,20+,21?,24+,26-/m1/s1. The highest BCUT2D eigenvalue weighted by Crippen LogP contribution is 2.62. The minimum absolute atomic E-state index is 0.00175. The minimum atomic E-state index is -0.00175. The van der Waals surface area contributed by atoms with Gasteiger partial charge in [-0.15, -0.1) is 0 Å². The van der Waals surface area contributed by atoms with E-state index < -0.39 is 0 Å². The van der Waals surface area contributed by atoms with Crippen LogP contribution in [0.1, 0.15) is 92.0 Å². The van der Waals surface area contributed by atoms with Crippen molar-refractivity contribution in [2.24, 2.45) is 23.7 Å². The van der Waals surface area contributed by atoms with Crippen molar-refractivity contribution >= 4 is 11.8 Å². The number of nitrogens with zero attached hydrogens (tertiary/aromatic N) is 3. The van der Waals surface area contributed by atoms with Gasteiger partial charge in [0.15, 0.2) is 5.69 Å². The van der Waals surface area contributed by atoms with Gasteiger partial charge in [0.1, 0.15) is 0 Å². The Balaban J connectivity index is 1.11. The SMILES string of the molecule is CC(=O)NC1CCN(C(=O)c2nn(CC[C@@H]3CCCC(Cc4ccc[nH]c4=O)C3)c3c2[C@@H]2[C@H](C)[C@@H]2C3)CC1. The van der Waals surface area contributed by atoms with Crippen molar-refractivity contribution in [2.45, 2.75) is 90.1 Å². The van der Waals surface area contributed by atoms with Gasteiger partial charge >= 0.3 is 0 Å². The van der Waals surface area contributed by atoms with E-state index in [1.807, 2.05) is 17.0 Å². The predicted molar refractivity (Wildman–Crippen MR) is 145 cm³/mol. The highest BCUT2D eigenvalue weighted by atomic mass is 16.2. The van der Waals surface area contributed by atoms with Gasteiger partial charge in [-0.3, -0.25) is 19.1 Å². The number of aryl methyl sites for hydroxylation is 1. The number of amides is 2. The molecule has 1 unspecified atom stereocenters. The van der Waals surface area contributed by atoms with Gasteiger partial charge in [-0.2, -0.15) is 5.10 Å². The molecule has 2 amide bonds. The fraction of sp³-hybridized carbons (Fsp3) is 0.667. The Bertz CT molecular complexity index is 1260. The Labute approximate surface area is 224 Å². The molecule has 0 bridgehead atoms. The molecule has 3 aliphatic carbocycles. The van der Waals surface area contributed by atoms with Crippen LogP contribution < -0.4 is 10.9 Å². The van der Waals surface area contributed by atoms with Crippen LogP contribution in [0.15, 0.2) is 23.1 Å². The summed E-state index contributed by atoms with van der Waals surface area (Å²) in [7, 11) is 0. The summed E-state index contributed by atoms with van der Waals surface area (Å²) in [5.74, 6) is 3.10. The second kappa shape index (κ2) is 10.3. The van der Waals surface area contributed by atoms with Crippen molar-refractivity contribution in [3.8, 4) is 0 Å². The molecule has 2 N–H and O–H groups in total. The second-order valence-corrected chi connectivity index (χ2v) is 12.4. The number of fused-ring (bicyclic) bond motifs is 3. The van der Waals surface area contributed by atoms with Gasteiger partial charge in [-0.25, -0.2) is 0 Å². The number of hydrogen-bond acceptors (Lipinski definition) is 4. The van der Waals surface area contributed by atoms with Crippen LogP contribution in [-0.4, -0.2) is 50.6 Å². The number of aromatic nitrogens is 3. The molecule has 2 aromatic rings. The minimum Gasteiger partial charge on any atom is -0.353 e. The Morgan fingerprint density at radius 3 is 2.71 bits per heavy atom. The fourth-order valence-electron chi connectivity index (χ4n) is 7.72. The summed E-state index contributed by atoms with van der Waals surface area (Å²) in [4.78, 5) is 42.0.